The van der Waals surface area contributed by atoms with E-state index in [9.17, 15) is 4.79 Å². The summed E-state index contributed by atoms with van der Waals surface area (Å²) in [7, 11) is 4.61. The van der Waals surface area contributed by atoms with E-state index in [0.717, 1.165) is 5.56 Å². The lowest BCUT2D eigenvalue weighted by Gasteiger charge is -2.13. The van der Waals surface area contributed by atoms with Gasteiger partial charge in [0.15, 0.2) is 17.3 Å². The van der Waals surface area contributed by atoms with Crippen LogP contribution in [0.3, 0.4) is 0 Å². The second-order valence-corrected chi connectivity index (χ2v) is 6.89. The number of ether oxygens (including phenoxy) is 3. The van der Waals surface area contributed by atoms with Crippen LogP contribution >= 0.6 is 11.3 Å². The fraction of sp³-hybridized carbons (Fsp3) is 0.150. The van der Waals surface area contributed by atoms with Gasteiger partial charge >= 0.3 is 0 Å². The van der Waals surface area contributed by atoms with Gasteiger partial charge in [0.25, 0.3) is 5.56 Å². The van der Waals surface area contributed by atoms with Gasteiger partial charge in [0.2, 0.25) is 10.7 Å². The van der Waals surface area contributed by atoms with E-state index in [2.05, 4.69) is 10.2 Å². The molecule has 2 aromatic heterocycles. The zero-order valence-electron chi connectivity index (χ0n) is 15.5. The normalized spacial score (nSPS) is 11.8. The number of hydrogen-bond acceptors (Lipinski definition) is 7. The monoisotopic (exact) mass is 395 g/mol. The maximum absolute atomic E-state index is 13.0. The Morgan fingerprint density at radius 1 is 0.964 bits per heavy atom. The molecule has 0 aliphatic heterocycles. The molecule has 0 bridgehead atoms. The summed E-state index contributed by atoms with van der Waals surface area (Å²) in [6.45, 7) is 0. The first-order valence-electron chi connectivity index (χ1n) is 8.41. The average Bonchev–Trinajstić information content (AvgIpc) is 3.28. The average molecular weight is 395 g/mol. The molecule has 0 unspecified atom stereocenters. The standard InChI is InChI=1S/C20H17N3O4S/c1-25-14-10-13(11-15(26-2)17(14)27-3)18-21-22-20-23(18)19(24)16(28-20)9-12-7-5-4-6-8-12/h4-11H,1-3H3/b16-9+. The van der Waals surface area contributed by atoms with E-state index in [1.807, 2.05) is 36.4 Å². The van der Waals surface area contributed by atoms with Crippen LogP contribution in [0.15, 0.2) is 47.3 Å². The molecule has 28 heavy (non-hydrogen) atoms. The topological polar surface area (TPSA) is 75.0 Å². The Bertz CT molecular complexity index is 1220. The van der Waals surface area contributed by atoms with Crippen LogP contribution in [0.2, 0.25) is 0 Å². The molecule has 0 aliphatic rings. The lowest BCUT2D eigenvalue weighted by atomic mass is 10.1. The van der Waals surface area contributed by atoms with E-state index in [1.165, 1.54) is 37.1 Å². The summed E-state index contributed by atoms with van der Waals surface area (Å²) >= 11 is 1.30. The molecule has 0 fully saturated rings. The third-order valence-electron chi connectivity index (χ3n) is 4.27. The molecule has 0 spiro atoms. The van der Waals surface area contributed by atoms with Gasteiger partial charge in [-0.15, -0.1) is 10.2 Å². The summed E-state index contributed by atoms with van der Waals surface area (Å²) in [5, 5.41) is 8.37. The van der Waals surface area contributed by atoms with Crippen LogP contribution in [0.5, 0.6) is 17.2 Å². The summed E-state index contributed by atoms with van der Waals surface area (Å²) in [6, 6.07) is 13.2. The van der Waals surface area contributed by atoms with Crippen LogP contribution in [-0.2, 0) is 0 Å². The van der Waals surface area contributed by atoms with Crippen molar-refractivity contribution < 1.29 is 14.2 Å². The van der Waals surface area contributed by atoms with Crippen molar-refractivity contribution in [3.05, 3.63) is 62.9 Å². The number of thiazole rings is 1. The maximum Gasteiger partial charge on any atom is 0.276 e. The quantitative estimate of drug-likeness (QED) is 0.517. The van der Waals surface area contributed by atoms with E-state index in [-0.39, 0.29) is 5.56 Å². The van der Waals surface area contributed by atoms with Crippen LogP contribution in [0.1, 0.15) is 5.56 Å². The van der Waals surface area contributed by atoms with Gasteiger partial charge in [-0.3, -0.25) is 4.79 Å². The molecule has 4 rings (SSSR count). The molecule has 4 aromatic rings. The number of hydrogen-bond donors (Lipinski definition) is 0. The minimum absolute atomic E-state index is 0.169. The smallest absolute Gasteiger partial charge is 0.276 e. The first-order chi connectivity index (χ1) is 13.7. The highest BCUT2D eigenvalue weighted by Crippen LogP contribution is 2.40. The number of benzene rings is 2. The van der Waals surface area contributed by atoms with E-state index in [1.54, 1.807) is 12.1 Å². The van der Waals surface area contributed by atoms with Crippen molar-refractivity contribution in [3.63, 3.8) is 0 Å². The van der Waals surface area contributed by atoms with E-state index in [4.69, 9.17) is 14.2 Å². The zero-order valence-corrected chi connectivity index (χ0v) is 16.3. The highest BCUT2D eigenvalue weighted by atomic mass is 32.1. The Labute approximate surface area is 164 Å². The SMILES string of the molecule is COc1cc(-c2nnc3s/c(=C/c4ccccc4)c(=O)n23)cc(OC)c1OC. The van der Waals surface area contributed by atoms with Gasteiger partial charge < -0.3 is 14.2 Å². The molecule has 0 amide bonds. The van der Waals surface area contributed by atoms with Crippen molar-refractivity contribution >= 4 is 22.4 Å². The first kappa shape index (κ1) is 18.0. The minimum Gasteiger partial charge on any atom is -0.493 e. The van der Waals surface area contributed by atoms with E-state index in [0.29, 0.717) is 38.1 Å². The number of fused-ring (bicyclic) bond motifs is 1. The molecular formula is C20H17N3O4S. The zero-order chi connectivity index (χ0) is 19.7. The van der Waals surface area contributed by atoms with Crippen molar-refractivity contribution in [2.45, 2.75) is 0 Å². The van der Waals surface area contributed by atoms with Crippen LogP contribution in [-0.4, -0.2) is 35.9 Å². The highest BCUT2D eigenvalue weighted by Gasteiger charge is 2.19. The summed E-state index contributed by atoms with van der Waals surface area (Å²) in [5.41, 5.74) is 1.42. The van der Waals surface area contributed by atoms with Crippen molar-refractivity contribution in [2.75, 3.05) is 21.3 Å². The van der Waals surface area contributed by atoms with Gasteiger partial charge in [0, 0.05) is 5.56 Å². The molecular weight excluding hydrogens is 378 g/mol. The molecule has 142 valence electrons. The molecule has 0 saturated carbocycles. The second kappa shape index (κ2) is 7.32. The Morgan fingerprint density at radius 2 is 1.64 bits per heavy atom. The second-order valence-electron chi connectivity index (χ2n) is 5.88. The molecule has 0 aliphatic carbocycles. The molecule has 2 aromatic carbocycles. The summed E-state index contributed by atoms with van der Waals surface area (Å²) in [6.07, 6.45) is 1.85. The molecule has 0 N–H and O–H groups in total. The number of aromatic nitrogens is 3. The van der Waals surface area contributed by atoms with Gasteiger partial charge in [-0.05, 0) is 23.8 Å². The molecule has 2 heterocycles. The van der Waals surface area contributed by atoms with E-state index < -0.39 is 0 Å². The molecule has 0 saturated heterocycles. The van der Waals surface area contributed by atoms with Crippen LogP contribution in [0.25, 0.3) is 22.4 Å². The highest BCUT2D eigenvalue weighted by molar-refractivity contribution is 7.15. The lowest BCUT2D eigenvalue weighted by molar-refractivity contribution is 0.324. The van der Waals surface area contributed by atoms with Crippen molar-refractivity contribution in [2.24, 2.45) is 0 Å². The first-order valence-corrected chi connectivity index (χ1v) is 9.23. The van der Waals surface area contributed by atoms with Crippen molar-refractivity contribution in [1.29, 1.82) is 0 Å². The van der Waals surface area contributed by atoms with Gasteiger partial charge in [-0.1, -0.05) is 41.7 Å². The molecule has 0 atom stereocenters. The number of nitrogens with zero attached hydrogens (tertiary/aromatic N) is 3. The summed E-state index contributed by atoms with van der Waals surface area (Å²) < 4.78 is 18.2. The number of rotatable bonds is 5. The van der Waals surface area contributed by atoms with E-state index >= 15 is 0 Å². The predicted octanol–water partition coefficient (Wildman–Crippen LogP) is 2.39. The molecule has 0 radical (unpaired) electrons. The van der Waals surface area contributed by atoms with Gasteiger partial charge in [0.05, 0.1) is 25.9 Å². The fourth-order valence-corrected chi connectivity index (χ4v) is 3.87. The largest absolute Gasteiger partial charge is 0.493 e. The Kier molecular flexibility index (Phi) is 4.70. The van der Waals surface area contributed by atoms with Crippen LogP contribution in [0, 0.1) is 0 Å². The number of methoxy groups -OCH3 is 3. The van der Waals surface area contributed by atoms with Crippen molar-refractivity contribution in [3.8, 4) is 28.6 Å². The van der Waals surface area contributed by atoms with Crippen molar-refractivity contribution in [1.82, 2.24) is 14.6 Å². The fourth-order valence-electron chi connectivity index (χ4n) is 2.96. The maximum atomic E-state index is 13.0. The summed E-state index contributed by atoms with van der Waals surface area (Å²) in [5.74, 6) is 1.85. The molecule has 8 heteroatoms. The molecule has 7 nitrogen and oxygen atoms in total. The Morgan fingerprint density at radius 3 is 2.25 bits per heavy atom. The lowest BCUT2D eigenvalue weighted by Crippen LogP contribution is -2.23. The Hall–Kier alpha value is -3.39. The predicted molar refractivity (Wildman–Crippen MR) is 107 cm³/mol. The summed E-state index contributed by atoms with van der Waals surface area (Å²) in [4.78, 5) is 13.5. The van der Waals surface area contributed by atoms with Gasteiger partial charge in [0.1, 0.15) is 0 Å². The third-order valence-corrected chi connectivity index (χ3v) is 5.23. The third kappa shape index (κ3) is 2.97. The van der Waals surface area contributed by atoms with Gasteiger partial charge in [-0.25, -0.2) is 4.40 Å². The Balaban J connectivity index is 1.92. The van der Waals surface area contributed by atoms with Crippen LogP contribution < -0.4 is 24.3 Å². The van der Waals surface area contributed by atoms with Gasteiger partial charge in [-0.2, -0.15) is 0 Å². The minimum atomic E-state index is -0.169. The van der Waals surface area contributed by atoms with Crippen LogP contribution in [0.4, 0.5) is 0 Å².